The molecule has 5 heterocycles. The van der Waals surface area contributed by atoms with E-state index in [2.05, 4.69) is 153 Å². The van der Waals surface area contributed by atoms with Gasteiger partial charge in [0, 0.05) is 59.5 Å². The van der Waals surface area contributed by atoms with Gasteiger partial charge in [0.1, 0.15) is 0 Å². The first-order valence-electron chi connectivity index (χ1n) is 15.6. The molecule has 45 heavy (non-hydrogen) atoms. The molecule has 0 fully saturated rings. The van der Waals surface area contributed by atoms with Crippen LogP contribution in [0.1, 0.15) is 0 Å². The molecule has 7 aromatic carbocycles. The van der Waals surface area contributed by atoms with E-state index in [-0.39, 0.29) is 0 Å². The molecule has 0 atom stereocenters. The van der Waals surface area contributed by atoms with Gasteiger partial charge in [-0.05, 0) is 42.5 Å². The number of benzene rings is 7. The van der Waals surface area contributed by atoms with Crippen LogP contribution >= 0.6 is 0 Å². The first kappa shape index (κ1) is 22.5. The summed E-state index contributed by atoms with van der Waals surface area (Å²) in [5, 5.41) is 13.1. The summed E-state index contributed by atoms with van der Waals surface area (Å²) in [4.78, 5) is 0. The lowest BCUT2D eigenvalue weighted by Gasteiger charge is -2.09. The largest absolute Gasteiger partial charge is 0.308 e. The van der Waals surface area contributed by atoms with Crippen molar-refractivity contribution in [2.45, 2.75) is 0 Å². The number of hydrogen-bond acceptors (Lipinski definition) is 0. The minimum absolute atomic E-state index is 1.18. The minimum Gasteiger partial charge on any atom is -0.308 e. The van der Waals surface area contributed by atoms with Gasteiger partial charge in [0.15, 0.2) is 0 Å². The van der Waals surface area contributed by atoms with Crippen LogP contribution in [0, 0.1) is 0 Å². The molecule has 0 radical (unpaired) electrons. The zero-order valence-corrected chi connectivity index (χ0v) is 24.1. The van der Waals surface area contributed by atoms with Gasteiger partial charge in [-0.15, -0.1) is 0 Å². The van der Waals surface area contributed by atoms with Crippen molar-refractivity contribution in [1.82, 2.24) is 13.4 Å². The summed E-state index contributed by atoms with van der Waals surface area (Å²) in [5.74, 6) is 0. The summed E-state index contributed by atoms with van der Waals surface area (Å²) < 4.78 is 7.49. The fourth-order valence-corrected chi connectivity index (χ4v) is 8.78. The lowest BCUT2D eigenvalue weighted by molar-refractivity contribution is 1.19. The number of fused-ring (bicyclic) bond motifs is 16. The van der Waals surface area contributed by atoms with Gasteiger partial charge in [-0.25, -0.2) is 0 Å². The maximum atomic E-state index is 2.52. The summed E-state index contributed by atoms with van der Waals surface area (Å²) in [6.07, 6.45) is 0. The molecule has 3 heteroatoms. The molecular weight excluding hydrogens is 546 g/mol. The summed E-state index contributed by atoms with van der Waals surface area (Å²) in [5.41, 5.74) is 11.3. The van der Waals surface area contributed by atoms with Crippen molar-refractivity contribution in [1.29, 1.82) is 0 Å². The van der Waals surface area contributed by atoms with E-state index in [0.29, 0.717) is 0 Å². The Labute approximate surface area is 256 Å². The molecular formula is C42H23N3. The number of rotatable bonds is 1. The number of aromatic nitrogens is 3. The topological polar surface area (TPSA) is 13.8 Å². The van der Waals surface area contributed by atoms with Gasteiger partial charge in [0.25, 0.3) is 0 Å². The highest BCUT2D eigenvalue weighted by atomic mass is 15.0. The number of hydrogen-bond donors (Lipinski definition) is 0. The van der Waals surface area contributed by atoms with Crippen LogP contribution in [0.5, 0.6) is 0 Å². The predicted molar refractivity (Wildman–Crippen MR) is 190 cm³/mol. The fraction of sp³-hybridized carbons (Fsp3) is 0. The van der Waals surface area contributed by atoms with Gasteiger partial charge in [-0.1, -0.05) is 97.1 Å². The van der Waals surface area contributed by atoms with E-state index in [4.69, 9.17) is 0 Å². The standard InChI is InChI=1S/C42H23N3/c1-2-10-24(11-3-1)43-37-23-38-32(29-16-8-14-27-25-12-5-7-19-35(25)45(38)40(27)29)22-33(37)30-20-21-36-39(42(30)43)31-17-9-15-28-26-13-4-6-18-34(26)44(36)41(28)31/h1-23H. The van der Waals surface area contributed by atoms with Crippen molar-refractivity contribution in [3.05, 3.63) is 140 Å². The molecule has 0 bridgehead atoms. The van der Waals surface area contributed by atoms with Crippen LogP contribution < -0.4 is 0 Å². The Morgan fingerprint density at radius 3 is 1.56 bits per heavy atom. The van der Waals surface area contributed by atoms with E-state index >= 15 is 0 Å². The SMILES string of the molecule is c1ccc(-n2c3cc4c(cc3c3ccc5c(c6cccc7c8ccccc8n5c76)c32)c2cccc3c5ccccc5n4c32)cc1. The summed E-state index contributed by atoms with van der Waals surface area (Å²) in [7, 11) is 0. The van der Waals surface area contributed by atoms with E-state index in [1.807, 2.05) is 0 Å². The highest BCUT2D eigenvalue weighted by molar-refractivity contribution is 6.32. The monoisotopic (exact) mass is 569 g/mol. The van der Waals surface area contributed by atoms with E-state index in [1.54, 1.807) is 0 Å². The molecule has 0 N–H and O–H groups in total. The van der Waals surface area contributed by atoms with E-state index in [9.17, 15) is 0 Å². The second-order valence-corrected chi connectivity index (χ2v) is 12.5. The van der Waals surface area contributed by atoms with Gasteiger partial charge in [0.2, 0.25) is 0 Å². The molecule has 12 rings (SSSR count). The maximum absolute atomic E-state index is 2.52. The molecule has 0 unspecified atom stereocenters. The van der Waals surface area contributed by atoms with E-state index < -0.39 is 0 Å². The van der Waals surface area contributed by atoms with E-state index in [1.165, 1.54) is 104 Å². The quantitative estimate of drug-likeness (QED) is 0.187. The number of nitrogens with zero attached hydrogens (tertiary/aromatic N) is 3. The van der Waals surface area contributed by atoms with E-state index in [0.717, 1.165) is 0 Å². The third-order valence-electron chi connectivity index (χ3n) is 10.5. The Kier molecular flexibility index (Phi) is 3.76. The Bertz CT molecular complexity index is 3190. The molecule has 0 saturated carbocycles. The molecule has 5 aromatic heterocycles. The average Bonchev–Trinajstić information content (AvgIpc) is 3.88. The zero-order chi connectivity index (χ0) is 29.0. The van der Waals surface area contributed by atoms with Crippen LogP contribution in [0.3, 0.4) is 0 Å². The molecule has 0 aliphatic carbocycles. The fourth-order valence-electron chi connectivity index (χ4n) is 8.78. The van der Waals surface area contributed by atoms with Crippen molar-refractivity contribution < 1.29 is 0 Å². The van der Waals surface area contributed by atoms with Crippen LogP contribution in [-0.4, -0.2) is 13.4 Å². The highest BCUT2D eigenvalue weighted by Gasteiger charge is 2.24. The van der Waals surface area contributed by atoms with Crippen LogP contribution in [0.25, 0.3) is 104 Å². The molecule has 206 valence electrons. The molecule has 0 amide bonds. The first-order valence-corrected chi connectivity index (χ1v) is 15.6. The van der Waals surface area contributed by atoms with Crippen LogP contribution in [0.15, 0.2) is 140 Å². The van der Waals surface area contributed by atoms with Crippen molar-refractivity contribution in [2.75, 3.05) is 0 Å². The summed E-state index contributed by atoms with van der Waals surface area (Å²) in [6.45, 7) is 0. The normalized spacial score (nSPS) is 12.9. The second-order valence-electron chi connectivity index (χ2n) is 12.5. The van der Waals surface area contributed by atoms with Gasteiger partial charge in [-0.3, -0.25) is 0 Å². The summed E-state index contributed by atoms with van der Waals surface area (Å²) >= 11 is 0. The lowest BCUT2D eigenvalue weighted by Crippen LogP contribution is -1.94. The molecule has 0 aliphatic heterocycles. The van der Waals surface area contributed by atoms with Crippen molar-refractivity contribution in [3.8, 4) is 5.69 Å². The molecule has 3 nitrogen and oxygen atoms in total. The van der Waals surface area contributed by atoms with Crippen LogP contribution in [0.2, 0.25) is 0 Å². The van der Waals surface area contributed by atoms with Gasteiger partial charge in [0.05, 0.1) is 44.1 Å². The zero-order valence-electron chi connectivity index (χ0n) is 24.1. The first-order chi connectivity index (χ1) is 22.4. The molecule has 0 saturated heterocycles. The maximum Gasteiger partial charge on any atom is 0.0641 e. The van der Waals surface area contributed by atoms with Gasteiger partial charge < -0.3 is 13.4 Å². The van der Waals surface area contributed by atoms with Gasteiger partial charge in [-0.2, -0.15) is 0 Å². The minimum atomic E-state index is 1.18. The predicted octanol–water partition coefficient (Wildman–Crippen LogP) is 11.1. The Morgan fingerprint density at radius 2 is 0.822 bits per heavy atom. The number of para-hydroxylation sites is 5. The molecule has 0 aliphatic rings. The Hall–Kier alpha value is -6.06. The van der Waals surface area contributed by atoms with Crippen LogP contribution in [-0.2, 0) is 0 Å². The smallest absolute Gasteiger partial charge is 0.0641 e. The third-order valence-corrected chi connectivity index (χ3v) is 10.5. The summed E-state index contributed by atoms with van der Waals surface area (Å²) in [6, 6.07) is 51.8. The van der Waals surface area contributed by atoms with Crippen LogP contribution in [0.4, 0.5) is 0 Å². The van der Waals surface area contributed by atoms with Crippen molar-refractivity contribution in [3.63, 3.8) is 0 Å². The second kappa shape index (κ2) is 7.53. The Morgan fingerprint density at radius 1 is 0.289 bits per heavy atom. The molecule has 12 aromatic rings. The molecule has 0 spiro atoms. The third kappa shape index (κ3) is 2.47. The van der Waals surface area contributed by atoms with Crippen molar-refractivity contribution in [2.24, 2.45) is 0 Å². The Balaban J connectivity index is 1.36. The highest BCUT2D eigenvalue weighted by Crippen LogP contribution is 2.47. The van der Waals surface area contributed by atoms with Gasteiger partial charge >= 0.3 is 0 Å². The van der Waals surface area contributed by atoms with Crippen molar-refractivity contribution >= 4 is 98.0 Å². The lowest BCUT2D eigenvalue weighted by atomic mass is 10.0. The average molecular weight is 570 g/mol.